The number of nitrogens with zero attached hydrogens (tertiary/aromatic N) is 2. The lowest BCUT2D eigenvalue weighted by molar-refractivity contribution is 0.627. The normalized spacial score (nSPS) is 10.2. The third kappa shape index (κ3) is 2.81. The number of nitrogens with one attached hydrogen (secondary N) is 1. The van der Waals surface area contributed by atoms with Crippen LogP contribution >= 0.6 is 0 Å². The van der Waals surface area contributed by atoms with Crippen molar-refractivity contribution >= 4 is 5.82 Å². The van der Waals surface area contributed by atoms with E-state index in [4.69, 9.17) is 5.73 Å². The van der Waals surface area contributed by atoms with Gasteiger partial charge in [-0.05, 0) is 47.4 Å². The molecule has 0 aliphatic rings. The van der Waals surface area contributed by atoms with Gasteiger partial charge in [-0.1, -0.05) is 24.3 Å². The molecule has 1 heterocycles. The summed E-state index contributed by atoms with van der Waals surface area (Å²) in [7, 11) is 0. The van der Waals surface area contributed by atoms with Crippen molar-refractivity contribution in [2.45, 2.75) is 6.92 Å². The van der Waals surface area contributed by atoms with Crippen LogP contribution in [0.2, 0.25) is 0 Å². The third-order valence-corrected chi connectivity index (χ3v) is 4.12. The number of halogens is 1. The molecule has 26 heavy (non-hydrogen) atoms. The van der Waals surface area contributed by atoms with Gasteiger partial charge in [0.25, 0.3) is 5.56 Å². The fraction of sp³-hybridized carbons (Fsp3) is 0.0500. The minimum absolute atomic E-state index is 0.0362. The Morgan fingerprint density at radius 2 is 1.73 bits per heavy atom. The number of pyridine rings is 1. The first-order valence-corrected chi connectivity index (χ1v) is 7.69. The molecule has 0 radical (unpaired) electrons. The molecule has 3 N–H and O–H groups in total. The molecule has 1 aromatic heterocycles. The van der Waals surface area contributed by atoms with E-state index in [2.05, 4.69) is 4.98 Å². The van der Waals surface area contributed by atoms with Gasteiger partial charge in [0.1, 0.15) is 34.9 Å². The Kier molecular flexibility index (Phi) is 4.26. The number of hydrogen-bond acceptors (Lipinski definition) is 4. The Hall–Kier alpha value is -3.90. The van der Waals surface area contributed by atoms with Crippen LogP contribution in [0.3, 0.4) is 0 Å². The van der Waals surface area contributed by atoms with Crippen LogP contribution < -0.4 is 11.3 Å². The molecular weight excluding hydrogens is 331 g/mol. The molecule has 0 atom stereocenters. The standard InChI is InChI=1S/C20H13FN4O/c1-11-7-14(21)5-6-15(11)12-3-2-4-13(8-12)18-16(9-22)19(24)25-20(26)17(18)10-23/h2-8H,1H3,(H3,24,25,26). The summed E-state index contributed by atoms with van der Waals surface area (Å²) in [5.74, 6) is -0.418. The van der Waals surface area contributed by atoms with Crippen molar-refractivity contribution in [2.75, 3.05) is 5.73 Å². The second-order valence-electron chi connectivity index (χ2n) is 5.76. The highest BCUT2D eigenvalue weighted by Crippen LogP contribution is 2.32. The van der Waals surface area contributed by atoms with Crippen molar-refractivity contribution in [3.05, 3.63) is 75.3 Å². The first kappa shape index (κ1) is 16.9. The van der Waals surface area contributed by atoms with Gasteiger partial charge in [-0.3, -0.25) is 4.79 Å². The lowest BCUT2D eigenvalue weighted by Crippen LogP contribution is -2.16. The van der Waals surface area contributed by atoms with Gasteiger partial charge in [-0.2, -0.15) is 10.5 Å². The molecule has 0 aliphatic heterocycles. The van der Waals surface area contributed by atoms with Gasteiger partial charge < -0.3 is 10.7 Å². The molecule has 5 nitrogen and oxygen atoms in total. The maximum absolute atomic E-state index is 13.4. The quantitative estimate of drug-likeness (QED) is 0.742. The van der Waals surface area contributed by atoms with Gasteiger partial charge in [0.05, 0.1) is 0 Å². The number of aromatic nitrogens is 1. The van der Waals surface area contributed by atoms with Gasteiger partial charge in [0, 0.05) is 5.56 Å². The van der Waals surface area contributed by atoms with Gasteiger partial charge in [0.2, 0.25) is 0 Å². The van der Waals surface area contributed by atoms with E-state index in [9.17, 15) is 19.7 Å². The summed E-state index contributed by atoms with van der Waals surface area (Å²) in [5, 5.41) is 18.8. The highest BCUT2D eigenvalue weighted by molar-refractivity contribution is 5.83. The molecule has 0 saturated carbocycles. The van der Waals surface area contributed by atoms with Crippen LogP contribution in [-0.4, -0.2) is 4.98 Å². The van der Waals surface area contributed by atoms with Crippen molar-refractivity contribution in [2.24, 2.45) is 0 Å². The summed E-state index contributed by atoms with van der Waals surface area (Å²) < 4.78 is 13.4. The Morgan fingerprint density at radius 3 is 2.38 bits per heavy atom. The van der Waals surface area contributed by atoms with E-state index < -0.39 is 5.56 Å². The molecule has 0 aliphatic carbocycles. The number of nitrogens with two attached hydrogens (primary N) is 1. The van der Waals surface area contributed by atoms with Crippen LogP contribution in [-0.2, 0) is 0 Å². The molecule has 126 valence electrons. The van der Waals surface area contributed by atoms with E-state index in [1.165, 1.54) is 12.1 Å². The average molecular weight is 344 g/mol. The lowest BCUT2D eigenvalue weighted by atomic mass is 9.92. The molecule has 6 heteroatoms. The first-order chi connectivity index (χ1) is 12.5. The lowest BCUT2D eigenvalue weighted by Gasteiger charge is -2.11. The van der Waals surface area contributed by atoms with E-state index in [0.717, 1.165) is 16.7 Å². The molecule has 0 spiro atoms. The maximum Gasteiger partial charge on any atom is 0.268 e. The van der Waals surface area contributed by atoms with Crippen LogP contribution in [0.5, 0.6) is 0 Å². The van der Waals surface area contributed by atoms with E-state index in [1.807, 2.05) is 18.2 Å². The molecule has 0 unspecified atom stereocenters. The van der Waals surface area contributed by atoms with Crippen molar-refractivity contribution in [1.29, 1.82) is 10.5 Å². The highest BCUT2D eigenvalue weighted by Gasteiger charge is 2.18. The minimum Gasteiger partial charge on any atom is -0.384 e. The predicted octanol–water partition coefficient (Wildman–Crippen LogP) is 3.48. The molecule has 0 amide bonds. The smallest absolute Gasteiger partial charge is 0.268 e. The van der Waals surface area contributed by atoms with Crippen LogP contribution in [0.25, 0.3) is 22.3 Å². The van der Waals surface area contributed by atoms with Crippen LogP contribution in [0.4, 0.5) is 10.2 Å². The number of hydrogen-bond donors (Lipinski definition) is 2. The summed E-state index contributed by atoms with van der Waals surface area (Å²) in [6, 6.07) is 15.2. The monoisotopic (exact) mass is 344 g/mol. The molecule has 2 aromatic carbocycles. The Balaban J connectivity index is 2.30. The Bertz CT molecular complexity index is 1170. The van der Waals surface area contributed by atoms with Crippen LogP contribution in [0, 0.1) is 35.4 Å². The molecule has 0 bridgehead atoms. The number of H-pyrrole nitrogens is 1. The zero-order valence-corrected chi connectivity index (χ0v) is 13.8. The topological polar surface area (TPSA) is 106 Å². The van der Waals surface area contributed by atoms with Gasteiger partial charge in [0.15, 0.2) is 0 Å². The van der Waals surface area contributed by atoms with Gasteiger partial charge >= 0.3 is 0 Å². The molecule has 3 rings (SSSR count). The summed E-state index contributed by atoms with van der Waals surface area (Å²) >= 11 is 0. The minimum atomic E-state index is -0.651. The van der Waals surface area contributed by atoms with Crippen molar-refractivity contribution < 1.29 is 4.39 Å². The van der Waals surface area contributed by atoms with Crippen molar-refractivity contribution in [1.82, 2.24) is 4.98 Å². The molecule has 0 saturated heterocycles. The number of nitrogen functional groups attached to an aromatic ring is 1. The second-order valence-corrected chi connectivity index (χ2v) is 5.76. The number of nitriles is 2. The van der Waals surface area contributed by atoms with E-state index in [1.54, 1.807) is 31.2 Å². The van der Waals surface area contributed by atoms with Crippen LogP contribution in [0.1, 0.15) is 16.7 Å². The largest absolute Gasteiger partial charge is 0.384 e. The molecular formula is C20H13FN4O. The number of anilines is 1. The van der Waals surface area contributed by atoms with E-state index in [0.29, 0.717) is 5.56 Å². The van der Waals surface area contributed by atoms with E-state index >= 15 is 0 Å². The first-order valence-electron chi connectivity index (χ1n) is 7.69. The Morgan fingerprint density at radius 1 is 1.04 bits per heavy atom. The Labute approximate surface area is 148 Å². The zero-order valence-electron chi connectivity index (χ0n) is 13.8. The van der Waals surface area contributed by atoms with Gasteiger partial charge in [-0.25, -0.2) is 4.39 Å². The SMILES string of the molecule is Cc1cc(F)ccc1-c1cccc(-c2c(C#N)c(N)[nH]c(=O)c2C#N)c1. The third-order valence-electron chi connectivity index (χ3n) is 4.12. The number of aryl methyl sites for hydroxylation is 1. The summed E-state index contributed by atoms with van der Waals surface area (Å²) in [4.78, 5) is 14.4. The number of aromatic amines is 1. The fourth-order valence-corrected chi connectivity index (χ4v) is 2.93. The average Bonchev–Trinajstić information content (AvgIpc) is 2.61. The maximum atomic E-state index is 13.4. The highest BCUT2D eigenvalue weighted by atomic mass is 19.1. The van der Waals surface area contributed by atoms with Crippen molar-refractivity contribution in [3.8, 4) is 34.4 Å². The number of rotatable bonds is 2. The summed E-state index contributed by atoms with van der Waals surface area (Å²) in [6.45, 7) is 1.79. The predicted molar refractivity (Wildman–Crippen MR) is 96.5 cm³/mol. The molecule has 3 aromatic rings. The molecule has 0 fully saturated rings. The summed E-state index contributed by atoms with van der Waals surface area (Å²) in [6.07, 6.45) is 0. The number of benzene rings is 2. The zero-order chi connectivity index (χ0) is 18.8. The van der Waals surface area contributed by atoms with Crippen molar-refractivity contribution in [3.63, 3.8) is 0 Å². The second kappa shape index (κ2) is 6.54. The fourth-order valence-electron chi connectivity index (χ4n) is 2.93. The van der Waals surface area contributed by atoms with Gasteiger partial charge in [-0.15, -0.1) is 0 Å². The van der Waals surface area contributed by atoms with E-state index in [-0.39, 0.29) is 28.3 Å². The summed E-state index contributed by atoms with van der Waals surface area (Å²) in [5.41, 5.74) is 7.99. The van der Waals surface area contributed by atoms with Crippen LogP contribution in [0.15, 0.2) is 47.3 Å².